The van der Waals surface area contributed by atoms with Gasteiger partial charge in [0.05, 0.1) is 11.6 Å². The molecule has 0 radical (unpaired) electrons. The van der Waals surface area contributed by atoms with Gasteiger partial charge in [0.2, 0.25) is 0 Å². The topological polar surface area (TPSA) is 47.9 Å². The SMILES string of the molecule is CC(C)Oc1ccc2ncnc(-c3nccs3)c2c1. The Bertz CT molecular complexity index is 695. The van der Waals surface area contributed by atoms with Crippen LogP contribution in [0.5, 0.6) is 5.75 Å². The van der Waals surface area contributed by atoms with Crippen molar-refractivity contribution in [3.63, 3.8) is 0 Å². The van der Waals surface area contributed by atoms with Gasteiger partial charge in [0, 0.05) is 17.0 Å². The van der Waals surface area contributed by atoms with E-state index in [0.717, 1.165) is 27.4 Å². The summed E-state index contributed by atoms with van der Waals surface area (Å²) < 4.78 is 5.72. The Kier molecular flexibility index (Phi) is 3.13. The van der Waals surface area contributed by atoms with Gasteiger partial charge >= 0.3 is 0 Å². The van der Waals surface area contributed by atoms with Crippen LogP contribution >= 0.6 is 11.3 Å². The number of hydrogen-bond acceptors (Lipinski definition) is 5. The molecule has 4 nitrogen and oxygen atoms in total. The molecule has 0 saturated carbocycles. The van der Waals surface area contributed by atoms with E-state index in [0.29, 0.717) is 0 Å². The van der Waals surface area contributed by atoms with Gasteiger partial charge in [-0.2, -0.15) is 0 Å². The van der Waals surface area contributed by atoms with Crippen LogP contribution in [0.3, 0.4) is 0 Å². The Hall–Kier alpha value is -2.01. The average molecular weight is 271 g/mol. The van der Waals surface area contributed by atoms with E-state index in [4.69, 9.17) is 4.74 Å². The molecule has 0 atom stereocenters. The smallest absolute Gasteiger partial charge is 0.142 e. The zero-order chi connectivity index (χ0) is 13.2. The molecule has 2 heterocycles. The van der Waals surface area contributed by atoms with Gasteiger partial charge in [-0.05, 0) is 32.0 Å². The minimum Gasteiger partial charge on any atom is -0.491 e. The van der Waals surface area contributed by atoms with Crippen LogP contribution in [0.1, 0.15) is 13.8 Å². The lowest BCUT2D eigenvalue weighted by Crippen LogP contribution is -2.05. The highest BCUT2D eigenvalue weighted by Crippen LogP contribution is 2.29. The van der Waals surface area contributed by atoms with E-state index in [1.807, 2.05) is 37.4 Å². The molecule has 3 rings (SSSR count). The van der Waals surface area contributed by atoms with E-state index in [1.165, 1.54) is 0 Å². The molecule has 96 valence electrons. The maximum absolute atomic E-state index is 5.72. The molecule has 19 heavy (non-hydrogen) atoms. The molecule has 0 spiro atoms. The molecule has 1 aromatic carbocycles. The first-order valence-corrected chi connectivity index (χ1v) is 6.93. The molecule has 2 aromatic heterocycles. The molecular weight excluding hydrogens is 258 g/mol. The third-order valence-electron chi connectivity index (χ3n) is 2.61. The zero-order valence-electron chi connectivity index (χ0n) is 10.7. The van der Waals surface area contributed by atoms with Crippen LogP contribution in [0.25, 0.3) is 21.6 Å². The lowest BCUT2D eigenvalue weighted by molar-refractivity contribution is 0.243. The summed E-state index contributed by atoms with van der Waals surface area (Å²) in [4.78, 5) is 12.9. The monoisotopic (exact) mass is 271 g/mol. The number of benzene rings is 1. The quantitative estimate of drug-likeness (QED) is 0.731. The van der Waals surface area contributed by atoms with Crippen LogP contribution in [0.4, 0.5) is 0 Å². The fourth-order valence-corrected chi connectivity index (χ4v) is 2.54. The lowest BCUT2D eigenvalue weighted by atomic mass is 10.2. The third-order valence-corrected chi connectivity index (χ3v) is 3.39. The fraction of sp³-hybridized carbons (Fsp3) is 0.214. The summed E-state index contributed by atoms with van der Waals surface area (Å²) in [5.74, 6) is 0.829. The number of thiazole rings is 1. The van der Waals surface area contributed by atoms with Crippen molar-refractivity contribution in [1.82, 2.24) is 15.0 Å². The Morgan fingerprint density at radius 3 is 2.79 bits per heavy atom. The van der Waals surface area contributed by atoms with E-state index < -0.39 is 0 Å². The van der Waals surface area contributed by atoms with Gasteiger partial charge in [0.15, 0.2) is 0 Å². The maximum Gasteiger partial charge on any atom is 0.142 e. The van der Waals surface area contributed by atoms with Crippen molar-refractivity contribution in [1.29, 1.82) is 0 Å². The standard InChI is InChI=1S/C14H13N3OS/c1-9(2)18-10-3-4-12-11(7-10)13(17-8-16-12)14-15-5-6-19-14/h3-9H,1-2H3. The van der Waals surface area contributed by atoms with E-state index in [-0.39, 0.29) is 6.10 Å². The molecule has 0 bridgehead atoms. The highest BCUT2D eigenvalue weighted by molar-refractivity contribution is 7.13. The minimum absolute atomic E-state index is 0.144. The number of rotatable bonds is 3. The predicted molar refractivity (Wildman–Crippen MR) is 76.4 cm³/mol. The van der Waals surface area contributed by atoms with Crippen molar-refractivity contribution < 1.29 is 4.74 Å². The van der Waals surface area contributed by atoms with Gasteiger partial charge in [-0.15, -0.1) is 11.3 Å². The second-order valence-electron chi connectivity index (χ2n) is 4.41. The van der Waals surface area contributed by atoms with Gasteiger partial charge in [0.25, 0.3) is 0 Å². The van der Waals surface area contributed by atoms with E-state index in [1.54, 1.807) is 23.9 Å². The van der Waals surface area contributed by atoms with Crippen molar-refractivity contribution in [3.05, 3.63) is 36.1 Å². The summed E-state index contributed by atoms with van der Waals surface area (Å²) >= 11 is 1.57. The zero-order valence-corrected chi connectivity index (χ0v) is 11.5. The Balaban J connectivity index is 2.16. The first kappa shape index (κ1) is 12.0. The largest absolute Gasteiger partial charge is 0.491 e. The summed E-state index contributed by atoms with van der Waals surface area (Å²) in [5, 5.41) is 3.81. The van der Waals surface area contributed by atoms with Crippen molar-refractivity contribution in [3.8, 4) is 16.5 Å². The van der Waals surface area contributed by atoms with E-state index in [2.05, 4.69) is 15.0 Å². The van der Waals surface area contributed by atoms with Gasteiger partial charge in [-0.25, -0.2) is 15.0 Å². The van der Waals surface area contributed by atoms with Gasteiger partial charge < -0.3 is 4.74 Å². The summed E-state index contributed by atoms with van der Waals surface area (Å²) in [6.07, 6.45) is 3.50. The van der Waals surface area contributed by atoms with Crippen molar-refractivity contribution >= 4 is 22.2 Å². The number of nitrogens with zero attached hydrogens (tertiary/aromatic N) is 3. The number of aromatic nitrogens is 3. The van der Waals surface area contributed by atoms with Crippen LogP contribution in [0.15, 0.2) is 36.1 Å². The fourth-order valence-electron chi connectivity index (χ4n) is 1.89. The first-order valence-electron chi connectivity index (χ1n) is 6.05. The molecule has 0 N–H and O–H groups in total. The molecule has 5 heteroatoms. The number of fused-ring (bicyclic) bond motifs is 1. The summed E-state index contributed by atoms with van der Waals surface area (Å²) in [6, 6.07) is 5.86. The average Bonchev–Trinajstić information content (AvgIpc) is 2.91. The molecule has 0 amide bonds. The normalized spacial score (nSPS) is 11.1. The number of hydrogen-bond donors (Lipinski definition) is 0. The second-order valence-corrected chi connectivity index (χ2v) is 5.30. The molecule has 0 aliphatic rings. The Morgan fingerprint density at radius 2 is 2.05 bits per heavy atom. The molecular formula is C14H13N3OS. The maximum atomic E-state index is 5.72. The highest BCUT2D eigenvalue weighted by atomic mass is 32.1. The molecule has 0 aliphatic heterocycles. The summed E-state index contributed by atoms with van der Waals surface area (Å²) in [7, 11) is 0. The molecule has 0 aliphatic carbocycles. The molecule has 0 fully saturated rings. The Morgan fingerprint density at radius 1 is 1.16 bits per heavy atom. The third kappa shape index (κ3) is 2.42. The Labute approximate surface area is 115 Å². The molecule has 0 saturated heterocycles. The highest BCUT2D eigenvalue weighted by Gasteiger charge is 2.10. The first-order chi connectivity index (χ1) is 9.24. The van der Waals surface area contributed by atoms with Crippen LogP contribution in [0, 0.1) is 0 Å². The van der Waals surface area contributed by atoms with Crippen molar-refractivity contribution in [2.45, 2.75) is 20.0 Å². The molecule has 3 aromatic rings. The minimum atomic E-state index is 0.144. The van der Waals surface area contributed by atoms with Gasteiger partial charge in [-0.1, -0.05) is 0 Å². The van der Waals surface area contributed by atoms with Crippen LogP contribution in [0.2, 0.25) is 0 Å². The lowest BCUT2D eigenvalue weighted by Gasteiger charge is -2.10. The second kappa shape index (κ2) is 4.93. The van der Waals surface area contributed by atoms with E-state index >= 15 is 0 Å². The van der Waals surface area contributed by atoms with Crippen LogP contribution in [-0.2, 0) is 0 Å². The molecule has 0 unspecified atom stereocenters. The predicted octanol–water partition coefficient (Wildman–Crippen LogP) is 3.54. The van der Waals surface area contributed by atoms with E-state index in [9.17, 15) is 0 Å². The van der Waals surface area contributed by atoms with Crippen molar-refractivity contribution in [2.75, 3.05) is 0 Å². The van der Waals surface area contributed by atoms with Gasteiger partial charge in [-0.3, -0.25) is 0 Å². The van der Waals surface area contributed by atoms with Gasteiger partial charge in [0.1, 0.15) is 22.8 Å². The number of ether oxygens (including phenoxy) is 1. The summed E-state index contributed by atoms with van der Waals surface area (Å²) in [6.45, 7) is 4.01. The van der Waals surface area contributed by atoms with Crippen molar-refractivity contribution in [2.24, 2.45) is 0 Å². The van der Waals surface area contributed by atoms with Crippen LogP contribution in [-0.4, -0.2) is 21.1 Å². The van der Waals surface area contributed by atoms with Crippen LogP contribution < -0.4 is 4.74 Å². The summed E-state index contributed by atoms with van der Waals surface area (Å²) in [5.41, 5.74) is 1.76.